The molecule has 1 fully saturated rings. The predicted octanol–water partition coefficient (Wildman–Crippen LogP) is 2.15. The zero-order valence-electron chi connectivity index (χ0n) is 11.7. The molecule has 3 rings (SSSR count). The van der Waals surface area contributed by atoms with Gasteiger partial charge in [-0.15, -0.1) is 0 Å². The maximum absolute atomic E-state index is 11.1. The number of piperidine rings is 1. The number of rotatable bonds is 1. The molecule has 2 aliphatic rings. The number of aromatic nitrogens is 1. The Balaban J connectivity index is 1.78. The minimum Gasteiger partial charge on any atom is -0.465 e. The second-order valence-corrected chi connectivity index (χ2v) is 5.59. The maximum atomic E-state index is 11.1. The van der Waals surface area contributed by atoms with Gasteiger partial charge < -0.3 is 14.9 Å². The maximum Gasteiger partial charge on any atom is 0.407 e. The van der Waals surface area contributed by atoms with E-state index in [4.69, 9.17) is 10.1 Å². The normalized spacial score (nSPS) is 19.4. The van der Waals surface area contributed by atoms with Gasteiger partial charge >= 0.3 is 6.09 Å². The lowest BCUT2D eigenvalue weighted by Gasteiger charge is -2.28. The molecule has 1 N–H and O–H groups in total. The lowest BCUT2D eigenvalue weighted by atomic mass is 10.1. The predicted molar refractivity (Wildman–Crippen MR) is 77.3 cm³/mol. The van der Waals surface area contributed by atoms with E-state index in [1.54, 1.807) is 0 Å². The van der Waals surface area contributed by atoms with Crippen molar-refractivity contribution in [1.82, 2.24) is 9.88 Å². The fourth-order valence-electron chi connectivity index (χ4n) is 3.06. The Hall–Kier alpha value is -1.78. The molecule has 0 unspecified atom stereocenters. The standard InChI is InChI=1S/C15H21N3O2/c19-15(20)18-10-6-12-4-5-14(16-13(12)7-11-18)17-8-2-1-3-9-17/h4-5H,1-3,6-11H2,(H,19,20). The van der Waals surface area contributed by atoms with E-state index in [1.807, 2.05) is 0 Å². The Morgan fingerprint density at radius 3 is 2.55 bits per heavy atom. The van der Waals surface area contributed by atoms with Gasteiger partial charge in [0.1, 0.15) is 5.82 Å². The summed E-state index contributed by atoms with van der Waals surface area (Å²) < 4.78 is 0. The topological polar surface area (TPSA) is 56.7 Å². The zero-order valence-corrected chi connectivity index (χ0v) is 11.7. The molecule has 108 valence electrons. The van der Waals surface area contributed by atoms with E-state index in [-0.39, 0.29) is 0 Å². The molecule has 5 nitrogen and oxygen atoms in total. The van der Waals surface area contributed by atoms with Gasteiger partial charge in [-0.05, 0) is 37.3 Å². The van der Waals surface area contributed by atoms with Crippen LogP contribution >= 0.6 is 0 Å². The molecule has 0 radical (unpaired) electrons. The first kappa shape index (κ1) is 13.2. The summed E-state index contributed by atoms with van der Waals surface area (Å²) in [6, 6.07) is 4.23. The molecule has 0 bridgehead atoms. The minimum absolute atomic E-state index is 0.554. The van der Waals surface area contributed by atoms with Crippen LogP contribution in [-0.4, -0.2) is 47.3 Å². The van der Waals surface area contributed by atoms with E-state index in [2.05, 4.69) is 17.0 Å². The number of nitrogens with zero attached hydrogens (tertiary/aromatic N) is 3. The van der Waals surface area contributed by atoms with E-state index in [9.17, 15) is 4.79 Å². The van der Waals surface area contributed by atoms with Crippen molar-refractivity contribution in [3.05, 3.63) is 23.4 Å². The van der Waals surface area contributed by atoms with Gasteiger partial charge in [0.25, 0.3) is 0 Å². The van der Waals surface area contributed by atoms with E-state index in [0.29, 0.717) is 13.1 Å². The summed E-state index contributed by atoms with van der Waals surface area (Å²) in [5, 5.41) is 9.10. The second-order valence-electron chi connectivity index (χ2n) is 5.59. The van der Waals surface area contributed by atoms with E-state index >= 15 is 0 Å². The van der Waals surface area contributed by atoms with Crippen molar-refractivity contribution in [2.75, 3.05) is 31.1 Å². The highest BCUT2D eigenvalue weighted by atomic mass is 16.4. The quantitative estimate of drug-likeness (QED) is 0.853. The molecule has 1 aromatic rings. The number of anilines is 1. The number of hydrogen-bond acceptors (Lipinski definition) is 3. The number of amides is 1. The average molecular weight is 275 g/mol. The molecule has 1 saturated heterocycles. The molecule has 2 aliphatic heterocycles. The van der Waals surface area contributed by atoms with Gasteiger partial charge in [0, 0.05) is 38.3 Å². The third-order valence-electron chi connectivity index (χ3n) is 4.27. The third-order valence-corrected chi connectivity index (χ3v) is 4.27. The number of carboxylic acid groups (broad SMARTS) is 1. The first-order valence-electron chi connectivity index (χ1n) is 7.45. The highest BCUT2D eigenvalue weighted by molar-refractivity contribution is 5.65. The Morgan fingerprint density at radius 2 is 1.80 bits per heavy atom. The van der Waals surface area contributed by atoms with Crippen molar-refractivity contribution in [2.24, 2.45) is 0 Å². The molecular formula is C15H21N3O2. The number of pyridine rings is 1. The van der Waals surface area contributed by atoms with Crippen LogP contribution in [0.4, 0.5) is 10.6 Å². The molecular weight excluding hydrogens is 254 g/mol. The smallest absolute Gasteiger partial charge is 0.407 e. The van der Waals surface area contributed by atoms with Crippen molar-refractivity contribution in [2.45, 2.75) is 32.1 Å². The Morgan fingerprint density at radius 1 is 1.05 bits per heavy atom. The summed E-state index contributed by atoms with van der Waals surface area (Å²) in [6.07, 6.45) is 4.47. The number of hydrogen-bond donors (Lipinski definition) is 1. The van der Waals surface area contributed by atoms with Crippen LogP contribution in [0.15, 0.2) is 12.1 Å². The minimum atomic E-state index is -0.825. The van der Waals surface area contributed by atoms with Crippen LogP contribution in [0.3, 0.4) is 0 Å². The highest BCUT2D eigenvalue weighted by Crippen LogP contribution is 2.22. The molecule has 0 atom stereocenters. The van der Waals surface area contributed by atoms with Crippen LogP contribution in [0.1, 0.15) is 30.5 Å². The molecule has 0 spiro atoms. The third kappa shape index (κ3) is 2.71. The molecule has 0 aromatic carbocycles. The summed E-state index contributed by atoms with van der Waals surface area (Å²) in [4.78, 5) is 19.7. The lowest BCUT2D eigenvalue weighted by Crippen LogP contribution is -2.31. The summed E-state index contributed by atoms with van der Waals surface area (Å²) in [7, 11) is 0. The van der Waals surface area contributed by atoms with Crippen LogP contribution in [0.25, 0.3) is 0 Å². The molecule has 1 aromatic heterocycles. The summed E-state index contributed by atoms with van der Waals surface area (Å²) in [5.41, 5.74) is 2.28. The van der Waals surface area contributed by atoms with Crippen LogP contribution in [0.2, 0.25) is 0 Å². The van der Waals surface area contributed by atoms with Gasteiger partial charge in [-0.25, -0.2) is 9.78 Å². The van der Waals surface area contributed by atoms with Gasteiger partial charge in [0.15, 0.2) is 0 Å². The van der Waals surface area contributed by atoms with E-state index in [1.165, 1.54) is 29.7 Å². The first-order valence-corrected chi connectivity index (χ1v) is 7.45. The van der Waals surface area contributed by atoms with Crippen molar-refractivity contribution in [3.8, 4) is 0 Å². The van der Waals surface area contributed by atoms with Crippen LogP contribution in [-0.2, 0) is 12.8 Å². The number of carbonyl (C=O) groups is 1. The van der Waals surface area contributed by atoms with Crippen molar-refractivity contribution >= 4 is 11.9 Å². The van der Waals surface area contributed by atoms with E-state index < -0.39 is 6.09 Å². The lowest BCUT2D eigenvalue weighted by molar-refractivity contribution is 0.147. The fraction of sp³-hybridized carbons (Fsp3) is 0.600. The molecule has 0 saturated carbocycles. The first-order chi connectivity index (χ1) is 9.74. The van der Waals surface area contributed by atoms with Gasteiger partial charge in [0.05, 0.1) is 0 Å². The van der Waals surface area contributed by atoms with Gasteiger partial charge in [-0.1, -0.05) is 6.07 Å². The Bertz CT molecular complexity index is 498. The summed E-state index contributed by atoms with van der Waals surface area (Å²) >= 11 is 0. The zero-order chi connectivity index (χ0) is 13.9. The molecule has 0 aliphatic carbocycles. The van der Waals surface area contributed by atoms with Crippen LogP contribution < -0.4 is 4.90 Å². The Kier molecular flexibility index (Phi) is 3.76. The average Bonchev–Trinajstić information content (AvgIpc) is 2.70. The van der Waals surface area contributed by atoms with Crippen LogP contribution in [0, 0.1) is 0 Å². The van der Waals surface area contributed by atoms with Crippen molar-refractivity contribution in [1.29, 1.82) is 0 Å². The monoisotopic (exact) mass is 275 g/mol. The van der Waals surface area contributed by atoms with Gasteiger partial charge in [0.2, 0.25) is 0 Å². The number of fused-ring (bicyclic) bond motifs is 1. The largest absolute Gasteiger partial charge is 0.465 e. The summed E-state index contributed by atoms with van der Waals surface area (Å²) in [5.74, 6) is 1.06. The van der Waals surface area contributed by atoms with E-state index in [0.717, 1.165) is 37.4 Å². The van der Waals surface area contributed by atoms with Gasteiger partial charge in [-0.3, -0.25) is 0 Å². The SMILES string of the molecule is O=C(O)N1CCc2ccc(N3CCCCC3)nc2CC1. The fourth-order valence-corrected chi connectivity index (χ4v) is 3.06. The second kappa shape index (κ2) is 5.69. The Labute approximate surface area is 119 Å². The molecule has 5 heteroatoms. The molecule has 20 heavy (non-hydrogen) atoms. The molecule has 1 amide bonds. The van der Waals surface area contributed by atoms with Crippen molar-refractivity contribution < 1.29 is 9.90 Å². The molecule has 3 heterocycles. The van der Waals surface area contributed by atoms with Gasteiger partial charge in [-0.2, -0.15) is 0 Å². The highest BCUT2D eigenvalue weighted by Gasteiger charge is 2.20. The van der Waals surface area contributed by atoms with Crippen molar-refractivity contribution in [3.63, 3.8) is 0 Å². The van der Waals surface area contributed by atoms with Crippen LogP contribution in [0.5, 0.6) is 0 Å². The summed E-state index contributed by atoms with van der Waals surface area (Å²) in [6.45, 7) is 3.31.